The zero-order valence-corrected chi connectivity index (χ0v) is 17.9. The number of hydrogen-bond acceptors (Lipinski definition) is 4. The molecule has 5 nitrogen and oxygen atoms in total. The smallest absolute Gasteiger partial charge is 0.250 e. The maximum atomic E-state index is 11.8. The fraction of sp³-hybridized carbons (Fsp3) is 0.400. The van der Waals surface area contributed by atoms with E-state index < -0.39 is 5.79 Å². The number of aryl methyl sites for hydroxylation is 1. The van der Waals surface area contributed by atoms with Crippen molar-refractivity contribution in [2.75, 3.05) is 14.2 Å². The van der Waals surface area contributed by atoms with Crippen LogP contribution >= 0.6 is 0 Å². The molecule has 0 saturated heterocycles. The summed E-state index contributed by atoms with van der Waals surface area (Å²) >= 11 is 0. The Morgan fingerprint density at radius 2 is 1.90 bits per heavy atom. The van der Waals surface area contributed by atoms with Gasteiger partial charge in [-0.25, -0.2) is 0 Å². The highest BCUT2D eigenvalue weighted by Crippen LogP contribution is 2.41. The van der Waals surface area contributed by atoms with Gasteiger partial charge in [-0.15, -0.1) is 0 Å². The van der Waals surface area contributed by atoms with Crippen LogP contribution in [-0.4, -0.2) is 24.6 Å². The van der Waals surface area contributed by atoms with Crippen LogP contribution in [0.1, 0.15) is 42.7 Å². The van der Waals surface area contributed by atoms with Crippen molar-refractivity contribution in [3.63, 3.8) is 0 Å². The Bertz CT molecular complexity index is 1080. The Labute approximate surface area is 177 Å². The highest BCUT2D eigenvalue weighted by atomic mass is 16.7. The van der Waals surface area contributed by atoms with Crippen LogP contribution in [0.4, 0.5) is 0 Å². The molecule has 1 atom stereocenters. The first-order valence-electron chi connectivity index (χ1n) is 10.5. The highest BCUT2D eigenvalue weighted by Gasteiger charge is 2.37. The minimum Gasteiger partial charge on any atom is -0.489 e. The number of aromatic nitrogens is 1. The molecule has 1 fully saturated rings. The summed E-state index contributed by atoms with van der Waals surface area (Å²) in [6.45, 7) is 0.479. The lowest BCUT2D eigenvalue weighted by atomic mass is 9.80. The van der Waals surface area contributed by atoms with Crippen molar-refractivity contribution < 1.29 is 14.2 Å². The van der Waals surface area contributed by atoms with Crippen molar-refractivity contribution in [1.82, 2.24) is 4.57 Å². The standard InChI is InChI=1S/C25H29NO4/c1-26-23-11-9-18(14-20(23)10-12-24(26)27)17-30-22-8-4-6-19(15-22)21-7-5-13-25(16-21,28-2)29-3/h4,6,8-12,14-15,21H,5,7,13,16-17H2,1-3H3. The van der Waals surface area contributed by atoms with Crippen molar-refractivity contribution in [2.24, 2.45) is 7.05 Å². The molecule has 5 heteroatoms. The Balaban J connectivity index is 1.48. The maximum Gasteiger partial charge on any atom is 0.250 e. The van der Waals surface area contributed by atoms with E-state index in [-0.39, 0.29) is 5.56 Å². The summed E-state index contributed by atoms with van der Waals surface area (Å²) in [6, 6.07) is 17.9. The molecular formula is C25H29NO4. The second-order valence-corrected chi connectivity index (χ2v) is 8.10. The van der Waals surface area contributed by atoms with Gasteiger partial charge in [-0.1, -0.05) is 18.2 Å². The third-order valence-corrected chi connectivity index (χ3v) is 6.34. The van der Waals surface area contributed by atoms with Crippen molar-refractivity contribution >= 4 is 10.9 Å². The molecule has 1 unspecified atom stereocenters. The molecule has 4 rings (SSSR count). The minimum absolute atomic E-state index is 0.00278. The van der Waals surface area contributed by atoms with Gasteiger partial charge in [0.2, 0.25) is 0 Å². The van der Waals surface area contributed by atoms with Gasteiger partial charge in [-0.2, -0.15) is 0 Å². The second kappa shape index (κ2) is 8.62. The molecule has 1 aliphatic carbocycles. The Hall–Kier alpha value is -2.63. The van der Waals surface area contributed by atoms with Crippen molar-refractivity contribution in [1.29, 1.82) is 0 Å². The number of rotatable bonds is 6. The lowest BCUT2D eigenvalue weighted by Gasteiger charge is -2.38. The van der Waals surface area contributed by atoms with Crippen molar-refractivity contribution in [2.45, 2.75) is 44.0 Å². The Kier molecular flexibility index (Phi) is 5.93. The van der Waals surface area contributed by atoms with E-state index in [1.807, 2.05) is 24.3 Å². The SMILES string of the molecule is COC1(OC)CCCC(c2cccc(OCc3ccc4c(ccc(=O)n4C)c3)c2)C1. The number of pyridine rings is 1. The van der Waals surface area contributed by atoms with Crippen LogP contribution in [0.3, 0.4) is 0 Å². The average molecular weight is 408 g/mol. The Morgan fingerprint density at radius 1 is 1.07 bits per heavy atom. The van der Waals surface area contributed by atoms with Crippen LogP contribution in [0.5, 0.6) is 5.75 Å². The first-order valence-corrected chi connectivity index (χ1v) is 10.5. The second-order valence-electron chi connectivity index (χ2n) is 8.10. The largest absolute Gasteiger partial charge is 0.489 e. The van der Waals surface area contributed by atoms with Gasteiger partial charge in [0.05, 0.1) is 5.52 Å². The van der Waals surface area contributed by atoms with Gasteiger partial charge < -0.3 is 18.8 Å². The lowest BCUT2D eigenvalue weighted by Crippen LogP contribution is -2.38. The molecule has 1 aromatic heterocycles. The van der Waals surface area contributed by atoms with Gasteiger partial charge in [0.15, 0.2) is 5.79 Å². The van der Waals surface area contributed by atoms with Crippen LogP contribution in [0.15, 0.2) is 59.4 Å². The molecule has 158 valence electrons. The third-order valence-electron chi connectivity index (χ3n) is 6.34. The summed E-state index contributed by atoms with van der Waals surface area (Å²) in [5.74, 6) is 0.772. The quantitative estimate of drug-likeness (QED) is 0.553. The minimum atomic E-state index is -0.481. The van der Waals surface area contributed by atoms with Crippen LogP contribution in [0, 0.1) is 0 Å². The highest BCUT2D eigenvalue weighted by molar-refractivity contribution is 5.79. The summed E-state index contributed by atoms with van der Waals surface area (Å²) in [7, 11) is 5.25. The maximum absolute atomic E-state index is 11.8. The zero-order chi connectivity index (χ0) is 21.1. The molecule has 2 aromatic carbocycles. The summed E-state index contributed by atoms with van der Waals surface area (Å²) in [6.07, 6.45) is 3.99. The molecule has 0 bridgehead atoms. The van der Waals surface area contributed by atoms with Gasteiger partial charge in [-0.3, -0.25) is 4.79 Å². The number of hydrogen-bond donors (Lipinski definition) is 0. The molecule has 0 N–H and O–H groups in total. The summed E-state index contributed by atoms with van der Waals surface area (Å²) in [4.78, 5) is 11.8. The molecular weight excluding hydrogens is 378 g/mol. The Morgan fingerprint density at radius 3 is 2.70 bits per heavy atom. The number of benzene rings is 2. The average Bonchev–Trinajstić information content (AvgIpc) is 2.80. The summed E-state index contributed by atoms with van der Waals surface area (Å²) < 4.78 is 19.1. The van der Waals surface area contributed by atoms with E-state index in [1.165, 1.54) is 5.56 Å². The molecule has 1 saturated carbocycles. The number of fused-ring (bicyclic) bond motifs is 1. The molecule has 0 radical (unpaired) electrons. The normalized spacial score (nSPS) is 18.4. The fourth-order valence-electron chi connectivity index (χ4n) is 4.49. The van der Waals surface area contributed by atoms with E-state index in [1.54, 1.807) is 31.9 Å². The van der Waals surface area contributed by atoms with E-state index in [0.717, 1.165) is 47.9 Å². The fourth-order valence-corrected chi connectivity index (χ4v) is 4.49. The molecule has 0 spiro atoms. The predicted molar refractivity (Wildman–Crippen MR) is 118 cm³/mol. The molecule has 1 heterocycles. The summed E-state index contributed by atoms with van der Waals surface area (Å²) in [5, 5.41) is 1.03. The van der Waals surface area contributed by atoms with E-state index in [4.69, 9.17) is 14.2 Å². The lowest BCUT2D eigenvalue weighted by molar-refractivity contribution is -0.226. The first kappa shape index (κ1) is 20.6. The van der Waals surface area contributed by atoms with Gasteiger partial charge >= 0.3 is 0 Å². The van der Waals surface area contributed by atoms with E-state index in [0.29, 0.717) is 12.5 Å². The monoisotopic (exact) mass is 407 g/mol. The van der Waals surface area contributed by atoms with Gasteiger partial charge in [0.1, 0.15) is 12.4 Å². The summed E-state index contributed by atoms with van der Waals surface area (Å²) in [5.41, 5.74) is 3.25. The number of ether oxygens (including phenoxy) is 3. The van der Waals surface area contributed by atoms with Gasteiger partial charge in [0.25, 0.3) is 5.56 Å². The van der Waals surface area contributed by atoms with Crippen LogP contribution in [0.2, 0.25) is 0 Å². The topological polar surface area (TPSA) is 49.7 Å². The molecule has 0 amide bonds. The van der Waals surface area contributed by atoms with Crippen LogP contribution in [0.25, 0.3) is 10.9 Å². The van der Waals surface area contributed by atoms with Crippen LogP contribution in [-0.2, 0) is 23.1 Å². The molecule has 1 aliphatic rings. The van der Waals surface area contributed by atoms with Crippen molar-refractivity contribution in [3.05, 3.63) is 76.1 Å². The van der Waals surface area contributed by atoms with E-state index in [9.17, 15) is 4.79 Å². The predicted octanol–water partition coefficient (Wildman–Crippen LogP) is 4.76. The zero-order valence-electron chi connectivity index (χ0n) is 17.9. The van der Waals surface area contributed by atoms with Crippen LogP contribution < -0.4 is 10.3 Å². The molecule has 3 aromatic rings. The van der Waals surface area contributed by atoms with Crippen molar-refractivity contribution in [3.8, 4) is 5.75 Å². The molecule has 30 heavy (non-hydrogen) atoms. The number of methoxy groups -OCH3 is 2. The van der Waals surface area contributed by atoms with E-state index in [2.05, 4.69) is 24.3 Å². The van der Waals surface area contributed by atoms with Gasteiger partial charge in [-0.05, 0) is 65.6 Å². The first-order chi connectivity index (χ1) is 14.5. The number of nitrogens with zero attached hydrogens (tertiary/aromatic N) is 1. The van der Waals surface area contributed by atoms with E-state index >= 15 is 0 Å². The van der Waals surface area contributed by atoms with Gasteiger partial charge in [0, 0.05) is 40.2 Å². The third kappa shape index (κ3) is 4.13. The molecule has 0 aliphatic heterocycles.